The number of rotatable bonds is 5. The molecule has 122 valence electrons. The van der Waals surface area contributed by atoms with Gasteiger partial charge in [-0.25, -0.2) is 0 Å². The molecule has 0 spiro atoms. The maximum absolute atomic E-state index is 12.4. The van der Waals surface area contributed by atoms with E-state index >= 15 is 0 Å². The van der Waals surface area contributed by atoms with Crippen LogP contribution >= 0.6 is 0 Å². The van der Waals surface area contributed by atoms with Crippen LogP contribution in [0.4, 0.5) is 5.69 Å². The minimum atomic E-state index is -1.01. The van der Waals surface area contributed by atoms with Gasteiger partial charge in [-0.2, -0.15) is 0 Å². The van der Waals surface area contributed by atoms with E-state index in [2.05, 4.69) is 5.32 Å². The molecule has 4 atom stereocenters. The number of carboxylic acids is 2. The first kappa shape index (κ1) is 15.5. The van der Waals surface area contributed by atoms with Crippen LogP contribution < -0.4 is 5.32 Å². The van der Waals surface area contributed by atoms with Crippen LogP contribution in [0.1, 0.15) is 18.4 Å². The maximum Gasteiger partial charge on any atom is 0.310 e. The van der Waals surface area contributed by atoms with Gasteiger partial charge in [0.05, 0.1) is 30.5 Å². The van der Waals surface area contributed by atoms with Gasteiger partial charge in [0.25, 0.3) is 0 Å². The van der Waals surface area contributed by atoms with Gasteiger partial charge < -0.3 is 20.3 Å². The van der Waals surface area contributed by atoms with Gasteiger partial charge >= 0.3 is 11.9 Å². The Morgan fingerprint density at radius 3 is 2.22 bits per heavy atom. The summed E-state index contributed by atoms with van der Waals surface area (Å²) in [7, 11) is 0. The smallest absolute Gasteiger partial charge is 0.310 e. The number of fused-ring (bicyclic) bond motifs is 2. The van der Waals surface area contributed by atoms with Gasteiger partial charge in [0.15, 0.2) is 0 Å². The molecule has 2 saturated heterocycles. The van der Waals surface area contributed by atoms with Gasteiger partial charge in [-0.05, 0) is 30.5 Å². The fraction of sp³-hybridized carbons (Fsp3) is 0.438. The summed E-state index contributed by atoms with van der Waals surface area (Å²) in [4.78, 5) is 34.5. The van der Waals surface area contributed by atoms with Crippen molar-refractivity contribution >= 4 is 23.5 Å². The molecule has 7 nitrogen and oxygen atoms in total. The minimum absolute atomic E-state index is 0.0878. The first-order valence-electron chi connectivity index (χ1n) is 7.45. The van der Waals surface area contributed by atoms with E-state index in [4.69, 9.17) is 9.84 Å². The lowest BCUT2D eigenvalue weighted by Gasteiger charge is -2.23. The topological polar surface area (TPSA) is 113 Å². The Balaban J connectivity index is 1.69. The Bertz CT molecular complexity index is 640. The van der Waals surface area contributed by atoms with Crippen molar-refractivity contribution in [2.24, 2.45) is 11.8 Å². The number of carbonyl (C=O) groups excluding carboxylic acids is 1. The number of benzene rings is 1. The van der Waals surface area contributed by atoms with Gasteiger partial charge in [-0.15, -0.1) is 0 Å². The van der Waals surface area contributed by atoms with Crippen LogP contribution in [0.3, 0.4) is 0 Å². The first-order chi connectivity index (χ1) is 11.0. The number of aliphatic carboxylic acids is 2. The van der Waals surface area contributed by atoms with Crippen molar-refractivity contribution in [3.8, 4) is 0 Å². The SMILES string of the molecule is O=C(O)Cc1ccc(NC(=O)C2C(C(=O)O)[C@H]3CC[C@H]2O3)cc1. The van der Waals surface area contributed by atoms with E-state index in [9.17, 15) is 19.5 Å². The lowest BCUT2D eigenvalue weighted by Crippen LogP contribution is -2.40. The maximum atomic E-state index is 12.4. The predicted octanol–water partition coefficient (Wildman–Crippen LogP) is 1.13. The standard InChI is InChI=1S/C16H17NO6/c18-12(19)7-8-1-3-9(4-2-8)17-15(20)13-10-5-6-11(23-10)14(13)16(21)22/h1-4,10-11,13-14H,5-7H2,(H,17,20)(H,18,19)(H,21,22)/t10-,11-,13?,14?/m1/s1. The molecule has 0 radical (unpaired) electrons. The molecule has 2 bridgehead atoms. The highest BCUT2D eigenvalue weighted by Gasteiger charge is 2.55. The highest BCUT2D eigenvalue weighted by molar-refractivity contribution is 5.96. The Morgan fingerprint density at radius 2 is 1.65 bits per heavy atom. The number of hydrogen-bond acceptors (Lipinski definition) is 4. The summed E-state index contributed by atoms with van der Waals surface area (Å²) in [6.07, 6.45) is 0.563. The number of anilines is 1. The molecule has 3 rings (SSSR count). The fourth-order valence-corrected chi connectivity index (χ4v) is 3.43. The molecule has 0 aliphatic carbocycles. The lowest BCUT2D eigenvalue weighted by atomic mass is 9.78. The second-order valence-electron chi connectivity index (χ2n) is 5.94. The third-order valence-corrected chi connectivity index (χ3v) is 4.44. The summed E-state index contributed by atoms with van der Waals surface area (Å²) in [6, 6.07) is 6.46. The van der Waals surface area contributed by atoms with Crippen molar-refractivity contribution < 1.29 is 29.3 Å². The molecular weight excluding hydrogens is 302 g/mol. The Kier molecular flexibility index (Phi) is 4.04. The molecule has 1 aromatic rings. The van der Waals surface area contributed by atoms with Crippen LogP contribution in [0.15, 0.2) is 24.3 Å². The van der Waals surface area contributed by atoms with Crippen molar-refractivity contribution in [1.29, 1.82) is 0 Å². The fourth-order valence-electron chi connectivity index (χ4n) is 3.43. The van der Waals surface area contributed by atoms with Crippen molar-refractivity contribution in [2.75, 3.05) is 5.32 Å². The largest absolute Gasteiger partial charge is 0.481 e. The molecule has 0 aromatic heterocycles. The molecular formula is C16H17NO6. The number of hydrogen-bond donors (Lipinski definition) is 3. The molecule has 3 N–H and O–H groups in total. The number of carbonyl (C=O) groups is 3. The van der Waals surface area contributed by atoms with Crippen LogP contribution in [0, 0.1) is 11.8 Å². The molecule has 2 aliphatic rings. The Hall–Kier alpha value is -2.41. The van der Waals surface area contributed by atoms with Crippen LogP contribution in [0.5, 0.6) is 0 Å². The number of carboxylic acid groups (broad SMARTS) is 2. The molecule has 2 aliphatic heterocycles. The third-order valence-electron chi connectivity index (χ3n) is 4.44. The number of amides is 1. The zero-order chi connectivity index (χ0) is 16.6. The van der Waals surface area contributed by atoms with Crippen molar-refractivity contribution in [1.82, 2.24) is 0 Å². The van der Waals surface area contributed by atoms with E-state index in [1.54, 1.807) is 24.3 Å². The van der Waals surface area contributed by atoms with Crippen molar-refractivity contribution in [2.45, 2.75) is 31.5 Å². The zero-order valence-corrected chi connectivity index (χ0v) is 12.3. The normalized spacial score (nSPS) is 28.5. The average molecular weight is 319 g/mol. The van der Waals surface area contributed by atoms with E-state index < -0.39 is 23.8 Å². The lowest BCUT2D eigenvalue weighted by molar-refractivity contribution is -0.147. The van der Waals surface area contributed by atoms with Gasteiger partial charge in [0, 0.05) is 5.69 Å². The second kappa shape index (κ2) is 6.00. The Labute approximate surface area is 132 Å². The van der Waals surface area contributed by atoms with Crippen molar-refractivity contribution in [3.05, 3.63) is 29.8 Å². The van der Waals surface area contributed by atoms with E-state index in [0.29, 0.717) is 24.1 Å². The molecule has 7 heteroatoms. The summed E-state index contributed by atoms with van der Waals surface area (Å²) < 4.78 is 5.57. The van der Waals surface area contributed by atoms with E-state index in [1.807, 2.05) is 0 Å². The van der Waals surface area contributed by atoms with Gasteiger partial charge in [-0.1, -0.05) is 12.1 Å². The van der Waals surface area contributed by atoms with Gasteiger partial charge in [0.2, 0.25) is 5.91 Å². The van der Waals surface area contributed by atoms with Crippen LogP contribution in [0.25, 0.3) is 0 Å². The van der Waals surface area contributed by atoms with Crippen LogP contribution in [-0.4, -0.2) is 40.3 Å². The molecule has 1 amide bonds. The number of ether oxygens (including phenoxy) is 1. The highest BCUT2D eigenvalue weighted by atomic mass is 16.5. The summed E-state index contributed by atoms with van der Waals surface area (Å²) in [6.45, 7) is 0. The molecule has 1 aromatic carbocycles. The molecule has 2 heterocycles. The summed E-state index contributed by atoms with van der Waals surface area (Å²) >= 11 is 0. The molecule has 23 heavy (non-hydrogen) atoms. The highest BCUT2D eigenvalue weighted by Crippen LogP contribution is 2.44. The van der Waals surface area contributed by atoms with E-state index in [1.165, 1.54) is 0 Å². The monoisotopic (exact) mass is 319 g/mol. The Morgan fingerprint density at radius 1 is 1.04 bits per heavy atom. The van der Waals surface area contributed by atoms with Gasteiger partial charge in [0.1, 0.15) is 0 Å². The van der Waals surface area contributed by atoms with Crippen LogP contribution in [-0.2, 0) is 25.5 Å². The molecule has 2 unspecified atom stereocenters. The third kappa shape index (κ3) is 3.05. The molecule has 0 saturated carbocycles. The summed E-state index contributed by atoms with van der Waals surface area (Å²) in [5.74, 6) is -3.79. The minimum Gasteiger partial charge on any atom is -0.481 e. The van der Waals surface area contributed by atoms with Gasteiger partial charge in [-0.3, -0.25) is 14.4 Å². The molecule has 2 fully saturated rings. The predicted molar refractivity (Wildman–Crippen MR) is 78.9 cm³/mol. The second-order valence-corrected chi connectivity index (χ2v) is 5.94. The number of nitrogens with one attached hydrogen (secondary N) is 1. The van der Waals surface area contributed by atoms with E-state index in [0.717, 1.165) is 0 Å². The van der Waals surface area contributed by atoms with E-state index in [-0.39, 0.29) is 24.5 Å². The summed E-state index contributed by atoms with van der Waals surface area (Å²) in [5.41, 5.74) is 1.14. The van der Waals surface area contributed by atoms with Crippen LogP contribution in [0.2, 0.25) is 0 Å². The zero-order valence-electron chi connectivity index (χ0n) is 12.3. The first-order valence-corrected chi connectivity index (χ1v) is 7.45. The summed E-state index contributed by atoms with van der Waals surface area (Å²) in [5, 5.41) is 20.8. The quantitative estimate of drug-likeness (QED) is 0.750. The van der Waals surface area contributed by atoms with Crippen molar-refractivity contribution in [3.63, 3.8) is 0 Å². The average Bonchev–Trinajstić information content (AvgIpc) is 3.09.